The molecule has 0 unspecified atom stereocenters. The van der Waals surface area contributed by atoms with E-state index in [1.54, 1.807) is 36.1 Å². The van der Waals surface area contributed by atoms with Crippen LogP contribution in [0.5, 0.6) is 0 Å². The van der Waals surface area contributed by atoms with Crippen molar-refractivity contribution in [2.45, 2.75) is 13.5 Å². The number of nitrogen functional groups attached to an aromatic ring is 1. The minimum atomic E-state index is -0.186. The molecule has 0 saturated carbocycles. The summed E-state index contributed by atoms with van der Waals surface area (Å²) in [6.07, 6.45) is 1.64. The number of benzene rings is 1. The van der Waals surface area contributed by atoms with Crippen LogP contribution in [0.2, 0.25) is 5.02 Å². The molecule has 0 aliphatic heterocycles. The number of aromatic nitrogens is 2. The number of halogens is 1. The predicted molar refractivity (Wildman–Crippen MR) is 75.0 cm³/mol. The Balaban J connectivity index is 2.07. The van der Waals surface area contributed by atoms with Crippen LogP contribution in [-0.2, 0) is 13.6 Å². The normalized spacial score (nSPS) is 10.5. The highest BCUT2D eigenvalue weighted by Crippen LogP contribution is 2.15. The van der Waals surface area contributed by atoms with E-state index < -0.39 is 0 Å². The van der Waals surface area contributed by atoms with E-state index in [1.807, 2.05) is 6.92 Å². The number of amides is 1. The van der Waals surface area contributed by atoms with Crippen LogP contribution < -0.4 is 11.1 Å². The Bertz CT molecular complexity index is 601. The summed E-state index contributed by atoms with van der Waals surface area (Å²) in [4.78, 5) is 12.0. The van der Waals surface area contributed by atoms with Gasteiger partial charge in [-0.1, -0.05) is 11.6 Å². The fourth-order valence-electron chi connectivity index (χ4n) is 1.77. The maximum Gasteiger partial charge on any atom is 0.251 e. The zero-order valence-electron chi connectivity index (χ0n) is 10.8. The van der Waals surface area contributed by atoms with Gasteiger partial charge in [0.2, 0.25) is 0 Å². The van der Waals surface area contributed by atoms with Crippen molar-refractivity contribution in [1.29, 1.82) is 0 Å². The van der Waals surface area contributed by atoms with Gasteiger partial charge in [-0.2, -0.15) is 5.10 Å². The number of carbonyl (C=O) groups is 1. The quantitative estimate of drug-likeness (QED) is 0.900. The third-order valence-corrected chi connectivity index (χ3v) is 3.03. The topological polar surface area (TPSA) is 72.9 Å². The summed E-state index contributed by atoms with van der Waals surface area (Å²) in [7, 11) is 1.75. The first kappa shape index (κ1) is 13.4. The van der Waals surface area contributed by atoms with E-state index >= 15 is 0 Å². The predicted octanol–water partition coefficient (Wildman–Crippen LogP) is 1.89. The number of rotatable bonds is 3. The second-order valence-electron chi connectivity index (χ2n) is 4.38. The molecule has 1 amide bonds. The van der Waals surface area contributed by atoms with Crippen molar-refractivity contribution in [2.24, 2.45) is 7.05 Å². The maximum absolute atomic E-state index is 12.0. The molecule has 0 aliphatic rings. The number of anilines is 1. The highest BCUT2D eigenvalue weighted by atomic mass is 35.5. The smallest absolute Gasteiger partial charge is 0.251 e. The highest BCUT2D eigenvalue weighted by Gasteiger charge is 2.09. The second kappa shape index (κ2) is 5.32. The summed E-state index contributed by atoms with van der Waals surface area (Å²) < 4.78 is 1.56. The van der Waals surface area contributed by atoms with Crippen molar-refractivity contribution in [3.8, 4) is 0 Å². The number of carbonyl (C=O) groups excluding carboxylic acids is 1. The van der Waals surface area contributed by atoms with E-state index in [2.05, 4.69) is 10.4 Å². The molecule has 0 spiro atoms. The van der Waals surface area contributed by atoms with Gasteiger partial charge in [-0.25, -0.2) is 0 Å². The number of nitrogens with two attached hydrogens (primary N) is 1. The van der Waals surface area contributed by atoms with Crippen LogP contribution in [0.25, 0.3) is 0 Å². The third-order valence-electron chi connectivity index (χ3n) is 2.81. The van der Waals surface area contributed by atoms with Crippen LogP contribution in [0.4, 0.5) is 5.82 Å². The number of nitrogens with zero attached hydrogens (tertiary/aromatic N) is 2. The lowest BCUT2D eigenvalue weighted by Gasteiger charge is -2.06. The Labute approximate surface area is 116 Å². The molecular weight excluding hydrogens is 264 g/mol. The summed E-state index contributed by atoms with van der Waals surface area (Å²) in [5.41, 5.74) is 8.07. The van der Waals surface area contributed by atoms with Gasteiger partial charge in [0.1, 0.15) is 5.82 Å². The van der Waals surface area contributed by atoms with Gasteiger partial charge < -0.3 is 11.1 Å². The molecule has 1 aromatic heterocycles. The van der Waals surface area contributed by atoms with Gasteiger partial charge in [-0.15, -0.1) is 0 Å². The molecule has 0 radical (unpaired) electrons. The first-order valence-corrected chi connectivity index (χ1v) is 6.17. The van der Waals surface area contributed by atoms with Crippen LogP contribution in [0.1, 0.15) is 21.5 Å². The summed E-state index contributed by atoms with van der Waals surface area (Å²) in [5, 5.41) is 7.35. The molecule has 2 rings (SSSR count). The summed E-state index contributed by atoms with van der Waals surface area (Å²) >= 11 is 5.93. The van der Waals surface area contributed by atoms with Gasteiger partial charge in [0.05, 0.1) is 6.20 Å². The molecule has 6 heteroatoms. The molecule has 1 heterocycles. The maximum atomic E-state index is 12.0. The summed E-state index contributed by atoms with van der Waals surface area (Å²) in [5.74, 6) is 0.358. The Kier molecular flexibility index (Phi) is 3.76. The molecule has 1 aromatic carbocycles. The molecule has 19 heavy (non-hydrogen) atoms. The van der Waals surface area contributed by atoms with E-state index in [4.69, 9.17) is 17.3 Å². The van der Waals surface area contributed by atoms with Crippen molar-refractivity contribution in [2.75, 3.05) is 5.73 Å². The lowest BCUT2D eigenvalue weighted by molar-refractivity contribution is 0.0951. The Morgan fingerprint density at radius 3 is 2.79 bits per heavy atom. The van der Waals surface area contributed by atoms with Crippen LogP contribution in [-0.4, -0.2) is 15.7 Å². The Morgan fingerprint density at radius 2 is 2.21 bits per heavy atom. The van der Waals surface area contributed by atoms with Crippen molar-refractivity contribution >= 4 is 23.3 Å². The largest absolute Gasteiger partial charge is 0.384 e. The first-order chi connectivity index (χ1) is 8.97. The number of hydrogen-bond acceptors (Lipinski definition) is 3. The van der Waals surface area contributed by atoms with Gasteiger partial charge in [0.25, 0.3) is 5.91 Å². The standard InChI is InChI=1S/C13H15ClN4O/c1-8-3-9(5-11(14)4-8)13(19)16-6-10-7-17-18(2)12(10)15/h3-5,7H,6,15H2,1-2H3,(H,16,19). The minimum Gasteiger partial charge on any atom is -0.384 e. The molecule has 0 atom stereocenters. The monoisotopic (exact) mass is 278 g/mol. The molecule has 0 aliphatic carbocycles. The lowest BCUT2D eigenvalue weighted by atomic mass is 10.1. The molecule has 100 valence electrons. The van der Waals surface area contributed by atoms with Gasteiger partial charge in [0, 0.05) is 29.7 Å². The van der Waals surface area contributed by atoms with E-state index in [9.17, 15) is 4.79 Å². The Hall–Kier alpha value is -2.01. The number of aryl methyl sites for hydroxylation is 2. The fourth-order valence-corrected chi connectivity index (χ4v) is 2.06. The molecule has 0 bridgehead atoms. The van der Waals surface area contributed by atoms with Crippen molar-refractivity contribution in [1.82, 2.24) is 15.1 Å². The molecule has 5 nitrogen and oxygen atoms in total. The van der Waals surface area contributed by atoms with E-state index in [0.29, 0.717) is 22.9 Å². The van der Waals surface area contributed by atoms with E-state index in [1.165, 1.54) is 0 Å². The Morgan fingerprint density at radius 1 is 1.47 bits per heavy atom. The van der Waals surface area contributed by atoms with E-state index in [0.717, 1.165) is 11.1 Å². The number of hydrogen-bond donors (Lipinski definition) is 2. The van der Waals surface area contributed by atoms with Gasteiger partial charge in [-0.3, -0.25) is 9.48 Å². The van der Waals surface area contributed by atoms with Crippen molar-refractivity contribution < 1.29 is 4.79 Å². The molecule has 0 fully saturated rings. The fraction of sp³-hybridized carbons (Fsp3) is 0.231. The lowest BCUT2D eigenvalue weighted by Crippen LogP contribution is -2.23. The highest BCUT2D eigenvalue weighted by molar-refractivity contribution is 6.31. The van der Waals surface area contributed by atoms with Crippen LogP contribution in [0, 0.1) is 6.92 Å². The minimum absolute atomic E-state index is 0.186. The zero-order chi connectivity index (χ0) is 14.0. The average Bonchev–Trinajstić information content (AvgIpc) is 2.66. The summed E-state index contributed by atoms with van der Waals surface area (Å²) in [6.45, 7) is 2.23. The second-order valence-corrected chi connectivity index (χ2v) is 4.82. The van der Waals surface area contributed by atoms with Crippen LogP contribution in [0.3, 0.4) is 0 Å². The third kappa shape index (κ3) is 3.06. The van der Waals surface area contributed by atoms with Gasteiger partial charge >= 0.3 is 0 Å². The van der Waals surface area contributed by atoms with E-state index in [-0.39, 0.29) is 5.91 Å². The number of nitrogens with one attached hydrogen (secondary N) is 1. The van der Waals surface area contributed by atoms with Gasteiger partial charge in [0.15, 0.2) is 0 Å². The van der Waals surface area contributed by atoms with Crippen molar-refractivity contribution in [3.05, 3.63) is 46.1 Å². The molecule has 2 aromatic rings. The van der Waals surface area contributed by atoms with Crippen molar-refractivity contribution in [3.63, 3.8) is 0 Å². The molecule has 0 saturated heterocycles. The molecule has 3 N–H and O–H groups in total. The summed E-state index contributed by atoms with van der Waals surface area (Å²) in [6, 6.07) is 5.22. The van der Waals surface area contributed by atoms with Gasteiger partial charge in [-0.05, 0) is 30.7 Å². The molecular formula is C13H15ClN4O. The SMILES string of the molecule is Cc1cc(Cl)cc(C(=O)NCc2cnn(C)c2N)c1. The first-order valence-electron chi connectivity index (χ1n) is 5.79. The van der Waals surface area contributed by atoms with Crippen LogP contribution in [0.15, 0.2) is 24.4 Å². The average molecular weight is 279 g/mol. The zero-order valence-corrected chi connectivity index (χ0v) is 11.5. The van der Waals surface area contributed by atoms with Crippen LogP contribution >= 0.6 is 11.6 Å².